The highest BCUT2D eigenvalue weighted by atomic mass is 15.2. The average molecular weight is 247 g/mol. The highest BCUT2D eigenvalue weighted by Crippen LogP contribution is 2.39. The van der Waals surface area contributed by atoms with E-state index in [1.807, 2.05) is 13.2 Å². The molecular weight excluding hydrogens is 222 g/mol. The van der Waals surface area contributed by atoms with E-state index in [9.17, 15) is 0 Å². The summed E-state index contributed by atoms with van der Waals surface area (Å²) in [5, 5.41) is 3.34. The molecule has 2 atom stereocenters. The number of pyridine rings is 1. The molecule has 1 aromatic rings. The molecule has 0 aromatic carbocycles. The number of aromatic nitrogens is 1. The Labute approximate surface area is 111 Å². The van der Waals surface area contributed by atoms with Crippen LogP contribution in [0.4, 0.5) is 0 Å². The Morgan fingerprint density at radius 3 is 2.89 bits per heavy atom. The fraction of sp³-hybridized carbons (Fsp3) is 0.667. The van der Waals surface area contributed by atoms with Crippen molar-refractivity contribution in [3.8, 4) is 0 Å². The summed E-state index contributed by atoms with van der Waals surface area (Å²) in [5.74, 6) is 0.695. The molecule has 2 heterocycles. The molecule has 0 radical (unpaired) electrons. The zero-order valence-corrected chi connectivity index (χ0v) is 12.0. The van der Waals surface area contributed by atoms with E-state index in [0.29, 0.717) is 18.0 Å². The van der Waals surface area contributed by atoms with E-state index in [4.69, 9.17) is 0 Å². The number of likely N-dealkylation sites (tertiary alicyclic amines) is 1. The lowest BCUT2D eigenvalue weighted by Crippen LogP contribution is -2.34. The second-order valence-corrected chi connectivity index (χ2v) is 5.62. The summed E-state index contributed by atoms with van der Waals surface area (Å²) in [6, 6.07) is 3.24. The SMILES string of the molecule is CNCC1CCN(C(C)C)C1c1cnccc1C. The van der Waals surface area contributed by atoms with E-state index in [0.717, 1.165) is 6.54 Å². The lowest BCUT2D eigenvalue weighted by atomic mass is 9.91. The third-order valence-corrected chi connectivity index (χ3v) is 4.09. The second-order valence-electron chi connectivity index (χ2n) is 5.62. The van der Waals surface area contributed by atoms with Crippen LogP contribution in [0.3, 0.4) is 0 Å². The Bertz CT molecular complexity index is 389. The predicted octanol–water partition coefficient (Wildman–Crippen LogP) is 2.38. The monoisotopic (exact) mass is 247 g/mol. The second kappa shape index (κ2) is 5.81. The van der Waals surface area contributed by atoms with Crippen LogP contribution in [-0.2, 0) is 0 Å². The van der Waals surface area contributed by atoms with Crippen LogP contribution in [0.5, 0.6) is 0 Å². The molecule has 0 aliphatic carbocycles. The number of nitrogens with one attached hydrogen (secondary N) is 1. The largest absolute Gasteiger partial charge is 0.319 e. The van der Waals surface area contributed by atoms with Gasteiger partial charge in [0.15, 0.2) is 0 Å². The fourth-order valence-corrected chi connectivity index (χ4v) is 3.16. The van der Waals surface area contributed by atoms with Gasteiger partial charge in [0.1, 0.15) is 0 Å². The molecule has 3 nitrogen and oxygen atoms in total. The van der Waals surface area contributed by atoms with Gasteiger partial charge in [0.05, 0.1) is 0 Å². The van der Waals surface area contributed by atoms with Crippen molar-refractivity contribution in [1.82, 2.24) is 15.2 Å². The van der Waals surface area contributed by atoms with Gasteiger partial charge in [-0.1, -0.05) is 0 Å². The Morgan fingerprint density at radius 1 is 1.50 bits per heavy atom. The van der Waals surface area contributed by atoms with Crippen molar-refractivity contribution in [2.24, 2.45) is 5.92 Å². The van der Waals surface area contributed by atoms with E-state index < -0.39 is 0 Å². The van der Waals surface area contributed by atoms with Gasteiger partial charge >= 0.3 is 0 Å². The molecule has 1 aromatic heterocycles. The van der Waals surface area contributed by atoms with E-state index in [-0.39, 0.29) is 0 Å². The topological polar surface area (TPSA) is 28.2 Å². The van der Waals surface area contributed by atoms with Gasteiger partial charge in [-0.15, -0.1) is 0 Å². The molecule has 18 heavy (non-hydrogen) atoms. The summed E-state index contributed by atoms with van der Waals surface area (Å²) in [6.07, 6.45) is 5.22. The molecule has 1 aliphatic heterocycles. The summed E-state index contributed by atoms with van der Waals surface area (Å²) < 4.78 is 0. The number of nitrogens with zero attached hydrogens (tertiary/aromatic N) is 2. The molecule has 1 aliphatic rings. The lowest BCUT2D eigenvalue weighted by molar-refractivity contribution is 0.181. The van der Waals surface area contributed by atoms with Crippen LogP contribution in [0.25, 0.3) is 0 Å². The third-order valence-electron chi connectivity index (χ3n) is 4.09. The summed E-state index contributed by atoms with van der Waals surface area (Å²) in [4.78, 5) is 6.95. The van der Waals surface area contributed by atoms with Gasteiger partial charge in [-0.2, -0.15) is 0 Å². The van der Waals surface area contributed by atoms with Gasteiger partial charge in [-0.25, -0.2) is 0 Å². The predicted molar refractivity (Wildman–Crippen MR) is 75.6 cm³/mol. The summed E-state index contributed by atoms with van der Waals surface area (Å²) in [7, 11) is 2.05. The van der Waals surface area contributed by atoms with Crippen molar-refractivity contribution in [2.75, 3.05) is 20.1 Å². The van der Waals surface area contributed by atoms with Crippen molar-refractivity contribution in [2.45, 2.75) is 39.3 Å². The maximum absolute atomic E-state index is 4.33. The first-order valence-corrected chi connectivity index (χ1v) is 6.96. The normalized spacial score (nSPS) is 24.9. The quantitative estimate of drug-likeness (QED) is 0.885. The Balaban J connectivity index is 2.31. The van der Waals surface area contributed by atoms with Gasteiger partial charge in [-0.05, 0) is 70.4 Å². The van der Waals surface area contributed by atoms with Crippen LogP contribution >= 0.6 is 0 Å². The van der Waals surface area contributed by atoms with Crippen LogP contribution in [0.2, 0.25) is 0 Å². The minimum absolute atomic E-state index is 0.520. The molecule has 0 saturated carbocycles. The summed E-state index contributed by atoms with van der Waals surface area (Å²) in [6.45, 7) is 9.07. The fourth-order valence-electron chi connectivity index (χ4n) is 3.16. The zero-order chi connectivity index (χ0) is 13.1. The Kier molecular flexibility index (Phi) is 4.36. The first kappa shape index (κ1) is 13.5. The maximum Gasteiger partial charge on any atom is 0.0409 e. The summed E-state index contributed by atoms with van der Waals surface area (Å²) >= 11 is 0. The zero-order valence-electron chi connectivity index (χ0n) is 12.0. The highest BCUT2D eigenvalue weighted by Gasteiger charge is 2.36. The van der Waals surface area contributed by atoms with Gasteiger partial charge < -0.3 is 5.32 Å². The van der Waals surface area contributed by atoms with Gasteiger partial charge in [-0.3, -0.25) is 9.88 Å². The molecule has 2 unspecified atom stereocenters. The van der Waals surface area contributed by atoms with Crippen molar-refractivity contribution in [3.63, 3.8) is 0 Å². The molecule has 1 saturated heterocycles. The molecule has 0 amide bonds. The van der Waals surface area contributed by atoms with Crippen LogP contribution in [0.15, 0.2) is 18.5 Å². The number of rotatable bonds is 4. The minimum atomic E-state index is 0.520. The average Bonchev–Trinajstić information content (AvgIpc) is 2.74. The molecular formula is C15H25N3. The van der Waals surface area contributed by atoms with E-state index in [1.54, 1.807) is 0 Å². The lowest BCUT2D eigenvalue weighted by Gasteiger charge is -2.32. The molecule has 0 bridgehead atoms. The molecule has 1 fully saturated rings. The third kappa shape index (κ3) is 2.57. The van der Waals surface area contributed by atoms with Crippen LogP contribution in [-0.4, -0.2) is 36.1 Å². The van der Waals surface area contributed by atoms with E-state index in [2.05, 4.69) is 48.2 Å². The Morgan fingerprint density at radius 2 is 2.28 bits per heavy atom. The number of aryl methyl sites for hydroxylation is 1. The van der Waals surface area contributed by atoms with Crippen molar-refractivity contribution < 1.29 is 0 Å². The summed E-state index contributed by atoms with van der Waals surface area (Å²) in [5.41, 5.74) is 2.77. The molecule has 0 spiro atoms. The van der Waals surface area contributed by atoms with Crippen molar-refractivity contribution >= 4 is 0 Å². The first-order valence-electron chi connectivity index (χ1n) is 6.96. The molecule has 2 rings (SSSR count). The maximum atomic E-state index is 4.33. The van der Waals surface area contributed by atoms with Crippen molar-refractivity contribution in [1.29, 1.82) is 0 Å². The van der Waals surface area contributed by atoms with Crippen LogP contribution in [0.1, 0.15) is 37.4 Å². The smallest absolute Gasteiger partial charge is 0.0409 e. The van der Waals surface area contributed by atoms with E-state index in [1.165, 1.54) is 24.1 Å². The van der Waals surface area contributed by atoms with E-state index >= 15 is 0 Å². The van der Waals surface area contributed by atoms with Gasteiger partial charge in [0.2, 0.25) is 0 Å². The Hall–Kier alpha value is -0.930. The minimum Gasteiger partial charge on any atom is -0.319 e. The molecule has 100 valence electrons. The van der Waals surface area contributed by atoms with Gasteiger partial charge in [0.25, 0.3) is 0 Å². The number of hydrogen-bond acceptors (Lipinski definition) is 3. The standard InChI is InChI=1S/C15H25N3/c1-11(2)18-8-6-13(9-16-4)15(18)14-10-17-7-5-12(14)3/h5,7,10-11,13,15-16H,6,8-9H2,1-4H3. The highest BCUT2D eigenvalue weighted by molar-refractivity contribution is 5.27. The molecule has 1 N–H and O–H groups in total. The van der Waals surface area contributed by atoms with Crippen molar-refractivity contribution in [3.05, 3.63) is 29.6 Å². The van der Waals surface area contributed by atoms with Crippen LogP contribution < -0.4 is 5.32 Å². The van der Waals surface area contributed by atoms with Gasteiger partial charge in [0, 0.05) is 24.5 Å². The molecule has 3 heteroatoms. The first-order chi connectivity index (χ1) is 8.65. The number of hydrogen-bond donors (Lipinski definition) is 1. The van der Waals surface area contributed by atoms with Crippen LogP contribution in [0, 0.1) is 12.8 Å².